The van der Waals surface area contributed by atoms with Crippen molar-refractivity contribution in [2.45, 2.75) is 111 Å². The number of carbonyl (C=O) groups is 1. The molecule has 1 fully saturated rings. The van der Waals surface area contributed by atoms with Crippen LogP contribution in [0.3, 0.4) is 0 Å². The Kier molecular flexibility index (Phi) is 9.63. The smallest absolute Gasteiger partial charge is 0.399 e. The van der Waals surface area contributed by atoms with E-state index in [1.807, 2.05) is 19.1 Å². The summed E-state index contributed by atoms with van der Waals surface area (Å²) < 4.78 is 12.4. The van der Waals surface area contributed by atoms with E-state index < -0.39 is 7.12 Å². The third kappa shape index (κ3) is 6.83. The molecular weight excluding hydrogens is 385 g/mol. The molecule has 0 N–H and O–H groups in total. The van der Waals surface area contributed by atoms with Crippen molar-refractivity contribution in [3.8, 4) is 0 Å². The molecule has 0 spiro atoms. The molecule has 1 aromatic carbocycles. The SMILES string of the molecule is CCCCCCN(CCCCCC)C(=O)c1ccc(B2OC(C)(C)C(C)(C)O2)cc1C. The standard InChI is InChI=1S/C26H44BNO3/c1-8-10-12-14-18-28(19-15-13-11-9-2)24(29)23-17-16-22(20-21(23)3)27-30-25(4,5)26(6,7)31-27/h16-17,20H,8-15,18-19H2,1-7H3. The van der Waals surface area contributed by atoms with Crippen LogP contribution in [0.2, 0.25) is 0 Å². The van der Waals surface area contributed by atoms with E-state index in [0.29, 0.717) is 0 Å². The lowest BCUT2D eigenvalue weighted by molar-refractivity contribution is 0.00578. The summed E-state index contributed by atoms with van der Waals surface area (Å²) in [6.07, 6.45) is 9.44. The van der Waals surface area contributed by atoms with Crippen molar-refractivity contribution in [3.63, 3.8) is 0 Å². The summed E-state index contributed by atoms with van der Waals surface area (Å²) in [6.45, 7) is 16.4. The Morgan fingerprint density at radius 1 is 0.871 bits per heavy atom. The van der Waals surface area contributed by atoms with E-state index in [1.54, 1.807) is 0 Å². The molecule has 0 saturated carbocycles. The number of carbonyl (C=O) groups excluding carboxylic acids is 1. The topological polar surface area (TPSA) is 38.8 Å². The van der Waals surface area contributed by atoms with E-state index in [9.17, 15) is 4.79 Å². The van der Waals surface area contributed by atoms with Gasteiger partial charge in [-0.25, -0.2) is 0 Å². The minimum Gasteiger partial charge on any atom is -0.399 e. The van der Waals surface area contributed by atoms with E-state index in [4.69, 9.17) is 9.31 Å². The highest BCUT2D eigenvalue weighted by Gasteiger charge is 2.51. The zero-order chi connectivity index (χ0) is 23.1. The van der Waals surface area contributed by atoms with Crippen molar-refractivity contribution in [1.82, 2.24) is 4.90 Å². The Labute approximate surface area is 191 Å². The normalized spacial score (nSPS) is 17.2. The molecule has 31 heavy (non-hydrogen) atoms. The van der Waals surface area contributed by atoms with Crippen LogP contribution in [0.25, 0.3) is 0 Å². The van der Waals surface area contributed by atoms with Crippen LogP contribution in [-0.2, 0) is 9.31 Å². The number of nitrogens with zero attached hydrogens (tertiary/aromatic N) is 1. The Balaban J connectivity index is 2.11. The molecule has 0 radical (unpaired) electrons. The molecule has 1 aromatic rings. The predicted octanol–water partition coefficient (Wildman–Crippen LogP) is 5.90. The van der Waals surface area contributed by atoms with Gasteiger partial charge in [0.05, 0.1) is 11.2 Å². The van der Waals surface area contributed by atoms with Crippen molar-refractivity contribution < 1.29 is 14.1 Å². The van der Waals surface area contributed by atoms with Gasteiger partial charge in [0.2, 0.25) is 0 Å². The molecule has 1 saturated heterocycles. The molecule has 0 aliphatic carbocycles. The lowest BCUT2D eigenvalue weighted by Crippen LogP contribution is -2.41. The molecule has 2 rings (SSSR count). The van der Waals surface area contributed by atoms with Gasteiger partial charge in [0.1, 0.15) is 0 Å². The van der Waals surface area contributed by atoms with Crippen molar-refractivity contribution >= 4 is 18.5 Å². The van der Waals surface area contributed by atoms with Crippen molar-refractivity contribution in [2.24, 2.45) is 0 Å². The lowest BCUT2D eigenvalue weighted by Gasteiger charge is -2.32. The summed E-state index contributed by atoms with van der Waals surface area (Å²) in [5.74, 6) is 0.158. The van der Waals surface area contributed by atoms with Crippen LogP contribution in [0, 0.1) is 6.92 Å². The highest BCUT2D eigenvalue weighted by Crippen LogP contribution is 2.36. The summed E-state index contributed by atoms with van der Waals surface area (Å²) in [7, 11) is -0.396. The van der Waals surface area contributed by atoms with Gasteiger partial charge in [-0.1, -0.05) is 64.5 Å². The molecule has 1 aliphatic rings. The Morgan fingerprint density at radius 2 is 1.39 bits per heavy atom. The van der Waals surface area contributed by atoms with E-state index >= 15 is 0 Å². The van der Waals surface area contributed by atoms with E-state index in [2.05, 4.69) is 52.5 Å². The minimum atomic E-state index is -0.396. The molecule has 1 amide bonds. The van der Waals surface area contributed by atoms with Gasteiger partial charge in [0.15, 0.2) is 0 Å². The van der Waals surface area contributed by atoms with Gasteiger partial charge in [-0.2, -0.15) is 0 Å². The first kappa shape index (κ1) is 25.9. The summed E-state index contributed by atoms with van der Waals surface area (Å²) >= 11 is 0. The van der Waals surface area contributed by atoms with Crippen LogP contribution in [0.4, 0.5) is 0 Å². The molecule has 0 unspecified atom stereocenters. The van der Waals surface area contributed by atoms with Crippen molar-refractivity contribution in [1.29, 1.82) is 0 Å². The first-order valence-electron chi connectivity index (χ1n) is 12.4. The second-order valence-corrected chi connectivity index (χ2v) is 10.1. The van der Waals surface area contributed by atoms with Crippen LogP contribution in [-0.4, -0.2) is 42.2 Å². The molecule has 5 heteroatoms. The Hall–Kier alpha value is -1.33. The van der Waals surface area contributed by atoms with Gasteiger partial charge < -0.3 is 14.2 Å². The maximum absolute atomic E-state index is 13.4. The van der Waals surface area contributed by atoms with Gasteiger partial charge in [0.25, 0.3) is 5.91 Å². The predicted molar refractivity (Wildman–Crippen MR) is 131 cm³/mol. The maximum Gasteiger partial charge on any atom is 0.494 e. The van der Waals surface area contributed by atoms with Gasteiger partial charge in [0, 0.05) is 18.7 Å². The minimum absolute atomic E-state index is 0.158. The summed E-state index contributed by atoms with van der Waals surface area (Å²) in [5, 5.41) is 0. The molecule has 4 nitrogen and oxygen atoms in total. The zero-order valence-electron chi connectivity index (χ0n) is 21.1. The average molecular weight is 429 g/mol. The largest absolute Gasteiger partial charge is 0.494 e. The average Bonchev–Trinajstić information content (AvgIpc) is 2.93. The second-order valence-electron chi connectivity index (χ2n) is 10.1. The van der Waals surface area contributed by atoms with Crippen LogP contribution in [0.5, 0.6) is 0 Å². The molecule has 0 aromatic heterocycles. The molecule has 174 valence electrons. The van der Waals surface area contributed by atoms with E-state index in [0.717, 1.165) is 42.5 Å². The zero-order valence-corrected chi connectivity index (χ0v) is 21.1. The fourth-order valence-corrected chi connectivity index (χ4v) is 4.00. The number of unbranched alkanes of at least 4 members (excludes halogenated alkanes) is 6. The quantitative estimate of drug-likeness (QED) is 0.307. The number of aryl methyl sites for hydroxylation is 1. The summed E-state index contributed by atoms with van der Waals surface area (Å²) in [4.78, 5) is 15.5. The Morgan fingerprint density at radius 3 is 1.84 bits per heavy atom. The highest BCUT2D eigenvalue weighted by atomic mass is 16.7. The first-order valence-corrected chi connectivity index (χ1v) is 12.4. The summed E-state index contributed by atoms with van der Waals surface area (Å²) in [5.41, 5.74) is 2.03. The highest BCUT2D eigenvalue weighted by molar-refractivity contribution is 6.62. The number of benzene rings is 1. The molecule has 1 aliphatic heterocycles. The number of hydrogen-bond donors (Lipinski definition) is 0. The number of hydrogen-bond acceptors (Lipinski definition) is 3. The van der Waals surface area contributed by atoms with Crippen LogP contribution in [0.15, 0.2) is 18.2 Å². The fraction of sp³-hybridized carbons (Fsp3) is 0.731. The molecular formula is C26H44BNO3. The van der Waals surface area contributed by atoms with Gasteiger partial charge >= 0.3 is 7.12 Å². The van der Waals surface area contributed by atoms with E-state index in [-0.39, 0.29) is 17.1 Å². The third-order valence-electron chi connectivity index (χ3n) is 6.86. The second kappa shape index (κ2) is 11.5. The van der Waals surface area contributed by atoms with Crippen LogP contribution in [0.1, 0.15) is 109 Å². The fourth-order valence-electron chi connectivity index (χ4n) is 4.00. The first-order chi connectivity index (χ1) is 14.6. The van der Waals surface area contributed by atoms with Crippen molar-refractivity contribution in [3.05, 3.63) is 29.3 Å². The van der Waals surface area contributed by atoms with Gasteiger partial charge in [-0.3, -0.25) is 4.79 Å². The van der Waals surface area contributed by atoms with Crippen molar-refractivity contribution in [2.75, 3.05) is 13.1 Å². The number of amides is 1. The van der Waals surface area contributed by atoms with Gasteiger partial charge in [-0.05, 0) is 64.6 Å². The van der Waals surface area contributed by atoms with E-state index in [1.165, 1.54) is 38.5 Å². The number of rotatable bonds is 12. The van der Waals surface area contributed by atoms with Gasteiger partial charge in [-0.15, -0.1) is 0 Å². The lowest BCUT2D eigenvalue weighted by atomic mass is 9.77. The van der Waals surface area contributed by atoms with Crippen LogP contribution >= 0.6 is 0 Å². The maximum atomic E-state index is 13.4. The monoisotopic (exact) mass is 429 g/mol. The Bertz CT molecular complexity index is 689. The molecule has 0 atom stereocenters. The van der Waals surface area contributed by atoms with Crippen LogP contribution < -0.4 is 5.46 Å². The third-order valence-corrected chi connectivity index (χ3v) is 6.86. The molecule has 0 bridgehead atoms. The molecule has 1 heterocycles. The summed E-state index contributed by atoms with van der Waals surface area (Å²) in [6, 6.07) is 6.01.